The summed E-state index contributed by atoms with van der Waals surface area (Å²) in [5.74, 6) is 1.74. The first-order chi connectivity index (χ1) is 7.40. The summed E-state index contributed by atoms with van der Waals surface area (Å²) in [4.78, 5) is 0. The van der Waals surface area contributed by atoms with Crippen LogP contribution in [0.5, 0.6) is 0 Å². The van der Waals surface area contributed by atoms with E-state index in [9.17, 15) is 0 Å². The Bertz CT molecular complexity index is 334. The van der Waals surface area contributed by atoms with Crippen molar-refractivity contribution in [3.63, 3.8) is 0 Å². The molecule has 2 rings (SSSR count). The molecule has 0 spiro atoms. The van der Waals surface area contributed by atoms with Crippen LogP contribution in [0.15, 0.2) is 49.1 Å². The van der Waals surface area contributed by atoms with Crippen LogP contribution < -0.4 is 0 Å². The summed E-state index contributed by atoms with van der Waals surface area (Å²) in [5.41, 5.74) is 1.31. The fourth-order valence-corrected chi connectivity index (χ4v) is 1.97. The molecule has 0 saturated heterocycles. The zero-order valence-electron chi connectivity index (χ0n) is 9.10. The standard InChI is InChI=1S/C15H18/c1-2-3-9-14-12-15(14)11-10-13-7-5-4-6-8-13/h2,4-8,10-11,14-15H,1,3,9,12H2/b11-10+/t14?,15-/m1/s1. The Labute approximate surface area is 92.3 Å². The monoisotopic (exact) mass is 198 g/mol. The van der Waals surface area contributed by atoms with Gasteiger partial charge in [-0.2, -0.15) is 0 Å². The fraction of sp³-hybridized carbons (Fsp3) is 0.333. The Balaban J connectivity index is 1.79. The van der Waals surface area contributed by atoms with E-state index >= 15 is 0 Å². The molecule has 2 atom stereocenters. The first-order valence-corrected chi connectivity index (χ1v) is 5.74. The zero-order chi connectivity index (χ0) is 10.5. The average molecular weight is 198 g/mol. The van der Waals surface area contributed by atoms with Crippen molar-refractivity contribution >= 4 is 6.08 Å². The maximum Gasteiger partial charge on any atom is -0.0199 e. The normalized spacial score (nSPS) is 24.3. The van der Waals surface area contributed by atoms with Gasteiger partial charge in [-0.15, -0.1) is 6.58 Å². The predicted octanol–water partition coefficient (Wildman–Crippen LogP) is 4.30. The largest absolute Gasteiger partial charge is 0.103 e. The molecule has 1 unspecified atom stereocenters. The molecule has 1 aliphatic rings. The lowest BCUT2D eigenvalue weighted by Crippen LogP contribution is -1.78. The van der Waals surface area contributed by atoms with Gasteiger partial charge in [-0.1, -0.05) is 48.6 Å². The minimum Gasteiger partial charge on any atom is -0.103 e. The smallest absolute Gasteiger partial charge is 0.0199 e. The van der Waals surface area contributed by atoms with Crippen molar-refractivity contribution in [1.82, 2.24) is 0 Å². The molecule has 0 aliphatic heterocycles. The van der Waals surface area contributed by atoms with Crippen molar-refractivity contribution in [2.75, 3.05) is 0 Å². The molecule has 0 radical (unpaired) electrons. The number of hydrogen-bond acceptors (Lipinski definition) is 0. The molecule has 78 valence electrons. The summed E-state index contributed by atoms with van der Waals surface area (Å²) in [5, 5.41) is 0. The van der Waals surface area contributed by atoms with Crippen LogP contribution in [0.25, 0.3) is 6.08 Å². The molecule has 0 amide bonds. The lowest BCUT2D eigenvalue weighted by atomic mass is 10.1. The van der Waals surface area contributed by atoms with Crippen molar-refractivity contribution in [3.05, 3.63) is 54.6 Å². The molecule has 0 N–H and O–H groups in total. The highest BCUT2D eigenvalue weighted by Crippen LogP contribution is 2.43. The van der Waals surface area contributed by atoms with E-state index in [4.69, 9.17) is 0 Å². The molecule has 1 aromatic carbocycles. The second-order valence-electron chi connectivity index (χ2n) is 4.30. The van der Waals surface area contributed by atoms with Gasteiger partial charge in [0.1, 0.15) is 0 Å². The fourth-order valence-electron chi connectivity index (χ4n) is 1.97. The van der Waals surface area contributed by atoms with E-state index in [0.717, 1.165) is 11.8 Å². The van der Waals surface area contributed by atoms with Crippen molar-refractivity contribution in [3.8, 4) is 0 Å². The van der Waals surface area contributed by atoms with Gasteiger partial charge in [0.2, 0.25) is 0 Å². The zero-order valence-corrected chi connectivity index (χ0v) is 9.10. The summed E-state index contributed by atoms with van der Waals surface area (Å²) in [6.07, 6.45) is 10.5. The highest BCUT2D eigenvalue weighted by Gasteiger charge is 2.33. The van der Waals surface area contributed by atoms with E-state index in [2.05, 4.69) is 49.1 Å². The van der Waals surface area contributed by atoms with Crippen LogP contribution in [-0.4, -0.2) is 0 Å². The van der Waals surface area contributed by atoms with E-state index in [-0.39, 0.29) is 0 Å². The lowest BCUT2D eigenvalue weighted by molar-refractivity contribution is 0.709. The predicted molar refractivity (Wildman–Crippen MR) is 66.5 cm³/mol. The van der Waals surface area contributed by atoms with Crippen LogP contribution in [-0.2, 0) is 0 Å². The molecular weight excluding hydrogens is 180 g/mol. The Kier molecular flexibility index (Phi) is 3.39. The number of hydrogen-bond donors (Lipinski definition) is 0. The Morgan fingerprint density at radius 1 is 1.27 bits per heavy atom. The van der Waals surface area contributed by atoms with Crippen LogP contribution in [0.4, 0.5) is 0 Å². The van der Waals surface area contributed by atoms with Crippen molar-refractivity contribution < 1.29 is 0 Å². The first kappa shape index (κ1) is 10.2. The average Bonchev–Trinajstić information content (AvgIpc) is 3.04. The van der Waals surface area contributed by atoms with Crippen LogP contribution in [0.2, 0.25) is 0 Å². The van der Waals surface area contributed by atoms with Crippen LogP contribution in [0.1, 0.15) is 24.8 Å². The van der Waals surface area contributed by atoms with Crippen LogP contribution >= 0.6 is 0 Å². The molecule has 0 heterocycles. The Morgan fingerprint density at radius 2 is 2.07 bits per heavy atom. The van der Waals surface area contributed by atoms with Gasteiger partial charge in [-0.3, -0.25) is 0 Å². The molecule has 15 heavy (non-hydrogen) atoms. The molecule has 1 fully saturated rings. The third-order valence-electron chi connectivity index (χ3n) is 3.05. The van der Waals surface area contributed by atoms with Gasteiger partial charge < -0.3 is 0 Å². The summed E-state index contributed by atoms with van der Waals surface area (Å²) in [7, 11) is 0. The van der Waals surface area contributed by atoms with Crippen LogP contribution in [0, 0.1) is 11.8 Å². The summed E-state index contributed by atoms with van der Waals surface area (Å²) < 4.78 is 0. The number of allylic oxidation sites excluding steroid dienone is 2. The molecule has 1 aromatic rings. The maximum atomic E-state index is 3.76. The first-order valence-electron chi connectivity index (χ1n) is 5.74. The molecule has 0 heteroatoms. The van der Waals surface area contributed by atoms with Crippen molar-refractivity contribution in [2.45, 2.75) is 19.3 Å². The second kappa shape index (κ2) is 4.97. The van der Waals surface area contributed by atoms with E-state index < -0.39 is 0 Å². The third kappa shape index (κ3) is 3.09. The molecule has 0 nitrogen and oxygen atoms in total. The highest BCUT2D eigenvalue weighted by molar-refractivity contribution is 5.49. The van der Waals surface area contributed by atoms with Gasteiger partial charge in [-0.05, 0) is 36.7 Å². The number of rotatable bonds is 5. The molecular formula is C15H18. The highest BCUT2D eigenvalue weighted by atomic mass is 14.4. The topological polar surface area (TPSA) is 0 Å². The van der Waals surface area contributed by atoms with E-state index in [1.807, 2.05) is 6.08 Å². The summed E-state index contributed by atoms with van der Waals surface area (Å²) in [6.45, 7) is 3.76. The quantitative estimate of drug-likeness (QED) is 0.619. The minimum atomic E-state index is 0.824. The molecule has 1 saturated carbocycles. The van der Waals surface area contributed by atoms with Gasteiger partial charge in [0.05, 0.1) is 0 Å². The van der Waals surface area contributed by atoms with E-state index in [1.54, 1.807) is 0 Å². The molecule has 0 bridgehead atoms. The Morgan fingerprint density at radius 3 is 2.80 bits per heavy atom. The maximum absolute atomic E-state index is 3.76. The van der Waals surface area contributed by atoms with Gasteiger partial charge in [0.15, 0.2) is 0 Å². The molecule has 1 aliphatic carbocycles. The third-order valence-corrected chi connectivity index (χ3v) is 3.05. The van der Waals surface area contributed by atoms with Gasteiger partial charge in [0.25, 0.3) is 0 Å². The van der Waals surface area contributed by atoms with E-state index in [0.29, 0.717) is 0 Å². The van der Waals surface area contributed by atoms with E-state index in [1.165, 1.54) is 24.8 Å². The number of benzene rings is 1. The molecule has 0 aromatic heterocycles. The second-order valence-corrected chi connectivity index (χ2v) is 4.30. The minimum absolute atomic E-state index is 0.824. The summed E-state index contributed by atoms with van der Waals surface area (Å²) >= 11 is 0. The van der Waals surface area contributed by atoms with Crippen molar-refractivity contribution in [2.24, 2.45) is 11.8 Å². The Hall–Kier alpha value is -1.30. The summed E-state index contributed by atoms with van der Waals surface area (Å²) in [6, 6.07) is 10.5. The lowest BCUT2D eigenvalue weighted by Gasteiger charge is -1.93. The van der Waals surface area contributed by atoms with Gasteiger partial charge >= 0.3 is 0 Å². The van der Waals surface area contributed by atoms with Gasteiger partial charge in [0, 0.05) is 0 Å². The van der Waals surface area contributed by atoms with Crippen molar-refractivity contribution in [1.29, 1.82) is 0 Å². The van der Waals surface area contributed by atoms with Gasteiger partial charge in [-0.25, -0.2) is 0 Å². The van der Waals surface area contributed by atoms with Crippen LogP contribution in [0.3, 0.4) is 0 Å². The SMILES string of the molecule is C=CCCC1C[C@H]1/C=C/c1ccccc1.